The molecule has 1 N–H and O–H groups in total. The summed E-state index contributed by atoms with van der Waals surface area (Å²) in [7, 11) is 0. The lowest BCUT2D eigenvalue weighted by Crippen LogP contribution is -1.95. The predicted molar refractivity (Wildman–Crippen MR) is 62.2 cm³/mol. The Morgan fingerprint density at radius 3 is 3.06 bits per heavy atom. The minimum atomic E-state index is -0.0381. The van der Waals surface area contributed by atoms with Crippen LogP contribution in [0, 0.1) is 0 Å². The zero-order chi connectivity index (χ0) is 11.0. The zero-order valence-electron chi connectivity index (χ0n) is 8.37. The first kappa shape index (κ1) is 9.50. The van der Waals surface area contributed by atoms with Crippen LogP contribution < -0.4 is 0 Å². The number of nitrogens with zero attached hydrogens (tertiary/aromatic N) is 3. The van der Waals surface area contributed by atoms with Gasteiger partial charge in [-0.2, -0.15) is 16.4 Å². The maximum atomic E-state index is 9.15. The van der Waals surface area contributed by atoms with Crippen molar-refractivity contribution in [2.24, 2.45) is 0 Å². The number of hydrogen-bond donors (Lipinski definition) is 1. The zero-order valence-corrected chi connectivity index (χ0v) is 9.18. The van der Waals surface area contributed by atoms with E-state index in [4.69, 9.17) is 5.11 Å². The Bertz CT molecular complexity index is 615. The van der Waals surface area contributed by atoms with E-state index in [-0.39, 0.29) is 6.61 Å². The lowest BCUT2D eigenvalue weighted by Gasteiger charge is -2.01. The van der Waals surface area contributed by atoms with Crippen LogP contribution in [0.25, 0.3) is 16.9 Å². The van der Waals surface area contributed by atoms with Gasteiger partial charge in [0.25, 0.3) is 0 Å². The fourth-order valence-electron chi connectivity index (χ4n) is 1.68. The monoisotopic (exact) mass is 231 g/mol. The molecule has 0 spiro atoms. The van der Waals surface area contributed by atoms with Gasteiger partial charge in [-0.1, -0.05) is 0 Å². The minimum absolute atomic E-state index is 0.0381. The minimum Gasteiger partial charge on any atom is -0.391 e. The number of aliphatic hydroxyl groups is 1. The predicted octanol–water partition coefficient (Wildman–Crippen LogP) is 1.95. The molecule has 0 amide bonds. The van der Waals surface area contributed by atoms with Gasteiger partial charge in [-0.25, -0.2) is 9.50 Å². The summed E-state index contributed by atoms with van der Waals surface area (Å²) < 4.78 is 1.76. The normalized spacial score (nSPS) is 11.1. The molecule has 16 heavy (non-hydrogen) atoms. The molecule has 0 unspecified atom stereocenters. The largest absolute Gasteiger partial charge is 0.391 e. The average Bonchev–Trinajstić information content (AvgIpc) is 2.97. The molecule has 3 rings (SSSR count). The summed E-state index contributed by atoms with van der Waals surface area (Å²) in [6.45, 7) is -0.0381. The van der Waals surface area contributed by atoms with Crippen molar-refractivity contribution < 1.29 is 5.11 Å². The third kappa shape index (κ3) is 1.33. The molecule has 0 saturated carbocycles. The van der Waals surface area contributed by atoms with Crippen LogP contribution in [0.15, 0.2) is 35.3 Å². The first-order chi connectivity index (χ1) is 7.90. The van der Waals surface area contributed by atoms with E-state index < -0.39 is 0 Å². The SMILES string of the molecule is OCc1cnn2c(-c3ccsc3)ccnc12. The van der Waals surface area contributed by atoms with Crippen LogP contribution in [0.1, 0.15) is 5.56 Å². The summed E-state index contributed by atoms with van der Waals surface area (Å²) in [4.78, 5) is 4.23. The van der Waals surface area contributed by atoms with Gasteiger partial charge in [-0.15, -0.1) is 0 Å². The highest BCUT2D eigenvalue weighted by Gasteiger charge is 2.09. The number of thiophene rings is 1. The average molecular weight is 231 g/mol. The van der Waals surface area contributed by atoms with Crippen LogP contribution >= 0.6 is 11.3 Å². The Kier molecular flexibility index (Phi) is 2.19. The quantitative estimate of drug-likeness (QED) is 0.733. The van der Waals surface area contributed by atoms with E-state index in [1.54, 1.807) is 28.2 Å². The highest BCUT2D eigenvalue weighted by Crippen LogP contribution is 2.22. The maximum absolute atomic E-state index is 9.15. The van der Waals surface area contributed by atoms with Gasteiger partial charge in [0.05, 0.1) is 18.5 Å². The van der Waals surface area contributed by atoms with E-state index in [2.05, 4.69) is 15.5 Å². The van der Waals surface area contributed by atoms with Gasteiger partial charge in [0, 0.05) is 22.7 Å². The Morgan fingerprint density at radius 2 is 2.31 bits per heavy atom. The van der Waals surface area contributed by atoms with Crippen LogP contribution in [-0.4, -0.2) is 19.7 Å². The van der Waals surface area contributed by atoms with Crippen molar-refractivity contribution in [2.75, 3.05) is 0 Å². The molecule has 0 radical (unpaired) electrons. The summed E-state index contributed by atoms with van der Waals surface area (Å²) in [5.41, 5.74) is 3.57. The Hall–Kier alpha value is -1.72. The number of fused-ring (bicyclic) bond motifs is 1. The van der Waals surface area contributed by atoms with E-state index in [1.165, 1.54) is 0 Å². The summed E-state index contributed by atoms with van der Waals surface area (Å²) in [5.74, 6) is 0. The summed E-state index contributed by atoms with van der Waals surface area (Å²) in [6, 6.07) is 3.96. The summed E-state index contributed by atoms with van der Waals surface area (Å²) in [6.07, 6.45) is 3.39. The molecular formula is C11H9N3OS. The smallest absolute Gasteiger partial charge is 0.161 e. The molecule has 3 heterocycles. The molecular weight excluding hydrogens is 222 g/mol. The molecule has 0 aromatic carbocycles. The standard InChI is InChI=1S/C11H9N3OS/c15-6-9-5-13-14-10(1-3-12-11(9)14)8-2-4-16-7-8/h1-5,7,15H,6H2. The van der Waals surface area contributed by atoms with Crippen molar-refractivity contribution in [3.63, 3.8) is 0 Å². The lowest BCUT2D eigenvalue weighted by molar-refractivity contribution is 0.283. The molecule has 0 aliphatic heterocycles. The van der Waals surface area contributed by atoms with Gasteiger partial charge in [-0.3, -0.25) is 0 Å². The molecule has 0 aliphatic carbocycles. The van der Waals surface area contributed by atoms with E-state index in [0.29, 0.717) is 5.65 Å². The Labute approximate surface area is 95.8 Å². The summed E-state index contributed by atoms with van der Waals surface area (Å²) >= 11 is 1.64. The molecule has 3 aromatic rings. The highest BCUT2D eigenvalue weighted by atomic mass is 32.1. The Balaban J connectivity index is 2.30. The fourth-order valence-corrected chi connectivity index (χ4v) is 2.33. The van der Waals surface area contributed by atoms with Crippen molar-refractivity contribution in [1.82, 2.24) is 14.6 Å². The van der Waals surface area contributed by atoms with Crippen LogP contribution in [0.5, 0.6) is 0 Å². The molecule has 5 heteroatoms. The van der Waals surface area contributed by atoms with Crippen molar-refractivity contribution in [1.29, 1.82) is 0 Å². The van der Waals surface area contributed by atoms with Crippen molar-refractivity contribution >= 4 is 17.0 Å². The second-order valence-corrected chi connectivity index (χ2v) is 4.19. The Morgan fingerprint density at radius 1 is 1.38 bits per heavy atom. The first-order valence-corrected chi connectivity index (χ1v) is 5.79. The number of hydrogen-bond acceptors (Lipinski definition) is 4. The molecule has 0 saturated heterocycles. The fraction of sp³-hybridized carbons (Fsp3) is 0.0909. The van der Waals surface area contributed by atoms with Crippen molar-refractivity contribution in [3.05, 3.63) is 40.8 Å². The molecule has 3 aromatic heterocycles. The second-order valence-electron chi connectivity index (χ2n) is 3.41. The maximum Gasteiger partial charge on any atom is 0.161 e. The van der Waals surface area contributed by atoms with Gasteiger partial charge >= 0.3 is 0 Å². The van der Waals surface area contributed by atoms with Gasteiger partial charge in [0.1, 0.15) is 0 Å². The van der Waals surface area contributed by atoms with E-state index in [0.717, 1.165) is 16.8 Å². The van der Waals surface area contributed by atoms with Gasteiger partial charge in [-0.05, 0) is 17.5 Å². The molecule has 4 nitrogen and oxygen atoms in total. The first-order valence-electron chi connectivity index (χ1n) is 4.85. The number of rotatable bonds is 2. The van der Waals surface area contributed by atoms with Crippen LogP contribution in [0.3, 0.4) is 0 Å². The van der Waals surface area contributed by atoms with Crippen LogP contribution in [0.2, 0.25) is 0 Å². The van der Waals surface area contributed by atoms with E-state index >= 15 is 0 Å². The second kappa shape index (κ2) is 3.70. The third-order valence-corrected chi connectivity index (χ3v) is 3.14. The number of aromatic nitrogens is 3. The highest BCUT2D eigenvalue weighted by molar-refractivity contribution is 7.08. The van der Waals surface area contributed by atoms with Crippen LogP contribution in [-0.2, 0) is 6.61 Å². The third-order valence-electron chi connectivity index (χ3n) is 2.46. The molecule has 0 aliphatic rings. The van der Waals surface area contributed by atoms with Gasteiger partial charge in [0.15, 0.2) is 5.65 Å². The number of aliphatic hydroxyl groups excluding tert-OH is 1. The van der Waals surface area contributed by atoms with Crippen LogP contribution in [0.4, 0.5) is 0 Å². The van der Waals surface area contributed by atoms with Gasteiger partial charge < -0.3 is 5.11 Å². The van der Waals surface area contributed by atoms with Gasteiger partial charge in [0.2, 0.25) is 0 Å². The molecule has 0 atom stereocenters. The molecule has 0 bridgehead atoms. The summed E-state index contributed by atoms with van der Waals surface area (Å²) in [5, 5.41) is 17.5. The topological polar surface area (TPSA) is 50.4 Å². The van der Waals surface area contributed by atoms with Crippen molar-refractivity contribution in [3.8, 4) is 11.3 Å². The molecule has 80 valence electrons. The molecule has 0 fully saturated rings. The lowest BCUT2D eigenvalue weighted by atomic mass is 10.2. The van der Waals surface area contributed by atoms with Crippen molar-refractivity contribution in [2.45, 2.75) is 6.61 Å². The van der Waals surface area contributed by atoms with E-state index in [1.807, 2.05) is 17.5 Å². The van der Waals surface area contributed by atoms with E-state index in [9.17, 15) is 0 Å².